The molecule has 1 aliphatic heterocycles. The van der Waals surface area contributed by atoms with Gasteiger partial charge in [-0.15, -0.1) is 4.73 Å². The summed E-state index contributed by atoms with van der Waals surface area (Å²) in [6.45, 7) is 1.25. The van der Waals surface area contributed by atoms with Crippen LogP contribution in [0.3, 0.4) is 0 Å². The van der Waals surface area contributed by atoms with Crippen molar-refractivity contribution in [3.05, 3.63) is 34.2 Å². The third-order valence-electron chi connectivity index (χ3n) is 4.05. The molecule has 0 saturated carbocycles. The van der Waals surface area contributed by atoms with Crippen molar-refractivity contribution in [2.24, 2.45) is 0 Å². The topological polar surface area (TPSA) is 89.1 Å². The number of aromatic nitrogens is 2. The number of halogens is 3. The highest BCUT2D eigenvalue weighted by Gasteiger charge is 2.43. The maximum atomic E-state index is 12.7. The average molecular weight is 354 g/mol. The number of benzene rings is 1. The van der Waals surface area contributed by atoms with Crippen LogP contribution in [0, 0.1) is 11.3 Å². The van der Waals surface area contributed by atoms with E-state index in [1.807, 2.05) is 6.07 Å². The Morgan fingerprint density at radius 3 is 2.60 bits per heavy atom. The van der Waals surface area contributed by atoms with Gasteiger partial charge in [0, 0.05) is 6.04 Å². The maximum Gasteiger partial charge on any atom is 0.493 e. The van der Waals surface area contributed by atoms with E-state index in [0.29, 0.717) is 30.7 Å². The van der Waals surface area contributed by atoms with Crippen LogP contribution < -0.4 is 15.8 Å². The van der Waals surface area contributed by atoms with Crippen LogP contribution in [-0.4, -0.2) is 34.5 Å². The molecule has 1 aliphatic rings. The fraction of sp³-hybridized carbons (Fsp3) is 0.400. The van der Waals surface area contributed by atoms with Gasteiger partial charge < -0.3 is 10.2 Å². The van der Waals surface area contributed by atoms with Crippen molar-refractivity contribution in [1.82, 2.24) is 14.6 Å². The van der Waals surface area contributed by atoms with Gasteiger partial charge in [0.2, 0.25) is 0 Å². The Hall–Kier alpha value is -2.80. The van der Waals surface area contributed by atoms with Crippen LogP contribution in [0.5, 0.6) is 0 Å². The predicted octanol–water partition coefficient (Wildman–Crippen LogP) is 1.12. The number of hydrogen-bond acceptors (Lipinski definition) is 5. The lowest BCUT2D eigenvalue weighted by atomic mass is 10.1. The van der Waals surface area contributed by atoms with E-state index in [1.165, 1.54) is 22.8 Å². The molecule has 0 bridgehead atoms. The Morgan fingerprint density at radius 1 is 1.32 bits per heavy atom. The number of imidazole rings is 1. The maximum absolute atomic E-state index is 12.7. The second-order valence-corrected chi connectivity index (χ2v) is 5.59. The van der Waals surface area contributed by atoms with E-state index < -0.39 is 17.8 Å². The lowest BCUT2D eigenvalue weighted by Gasteiger charge is -2.23. The van der Waals surface area contributed by atoms with Crippen LogP contribution in [0.25, 0.3) is 11.0 Å². The summed E-state index contributed by atoms with van der Waals surface area (Å²) in [7, 11) is 0. The van der Waals surface area contributed by atoms with Crippen molar-refractivity contribution < 1.29 is 22.8 Å². The molecule has 7 nitrogen and oxygen atoms in total. The van der Waals surface area contributed by atoms with Gasteiger partial charge in [0.05, 0.1) is 11.1 Å². The molecule has 0 amide bonds. The van der Waals surface area contributed by atoms with E-state index in [4.69, 9.17) is 0 Å². The summed E-state index contributed by atoms with van der Waals surface area (Å²) in [6, 6.07) is 5.81. The zero-order valence-corrected chi connectivity index (χ0v) is 12.8. The zero-order valence-electron chi connectivity index (χ0n) is 12.8. The molecule has 1 aromatic carbocycles. The van der Waals surface area contributed by atoms with Crippen LogP contribution >= 0.6 is 0 Å². The first kappa shape index (κ1) is 17.0. The van der Waals surface area contributed by atoms with Crippen molar-refractivity contribution in [3.8, 4) is 6.07 Å². The van der Waals surface area contributed by atoms with Crippen LogP contribution in [0.2, 0.25) is 0 Å². The molecule has 1 aromatic heterocycles. The van der Waals surface area contributed by atoms with Gasteiger partial charge in [0.15, 0.2) is 0 Å². The van der Waals surface area contributed by atoms with Crippen LogP contribution in [-0.2, 0) is 4.79 Å². The third-order valence-corrected chi connectivity index (χ3v) is 4.05. The molecular formula is C15H13F3N4O3. The van der Waals surface area contributed by atoms with E-state index in [9.17, 15) is 28.0 Å². The highest BCUT2D eigenvalue weighted by molar-refractivity contribution is 5.83. The van der Waals surface area contributed by atoms with E-state index in [1.54, 1.807) is 0 Å². The third kappa shape index (κ3) is 2.98. The predicted molar refractivity (Wildman–Crippen MR) is 79.7 cm³/mol. The van der Waals surface area contributed by atoms with Gasteiger partial charge in [-0.2, -0.15) is 18.4 Å². The molecule has 2 heterocycles. The highest BCUT2D eigenvalue weighted by atomic mass is 19.4. The molecule has 0 aliphatic carbocycles. The molecule has 1 fully saturated rings. The number of alkyl halides is 3. The smallest absolute Gasteiger partial charge is 0.323 e. The van der Waals surface area contributed by atoms with Crippen molar-refractivity contribution in [2.45, 2.75) is 25.1 Å². The molecule has 1 N–H and O–H groups in total. The first-order valence-corrected chi connectivity index (χ1v) is 7.51. The van der Waals surface area contributed by atoms with Gasteiger partial charge in [-0.3, -0.25) is 4.57 Å². The molecule has 0 radical (unpaired) electrons. The van der Waals surface area contributed by atoms with Crippen molar-refractivity contribution >= 4 is 17.0 Å². The second-order valence-electron chi connectivity index (χ2n) is 5.59. The minimum absolute atomic E-state index is 0.0554. The number of rotatable bonds is 2. The number of piperidine rings is 1. The number of nitriles is 1. The number of fused-ring (bicyclic) bond motifs is 1. The number of hydrogen-bond donors (Lipinski definition) is 1. The van der Waals surface area contributed by atoms with E-state index in [0.717, 1.165) is 0 Å². The highest BCUT2D eigenvalue weighted by Crippen LogP contribution is 2.26. The minimum atomic E-state index is -5.24. The summed E-state index contributed by atoms with van der Waals surface area (Å²) in [5.41, 5.74) is -0.686. The van der Waals surface area contributed by atoms with Gasteiger partial charge in [0.1, 0.15) is 11.6 Å². The van der Waals surface area contributed by atoms with Crippen LogP contribution in [0.4, 0.5) is 13.2 Å². The fourth-order valence-electron chi connectivity index (χ4n) is 2.96. The average Bonchev–Trinajstić information content (AvgIpc) is 2.87. The fourth-order valence-corrected chi connectivity index (χ4v) is 2.96. The van der Waals surface area contributed by atoms with Crippen LogP contribution in [0.1, 0.15) is 24.4 Å². The first-order chi connectivity index (χ1) is 11.8. The van der Waals surface area contributed by atoms with Crippen molar-refractivity contribution in [3.63, 3.8) is 0 Å². The minimum Gasteiger partial charge on any atom is -0.323 e. The number of nitrogens with one attached hydrogen (secondary N) is 1. The Kier molecular flexibility index (Phi) is 4.26. The molecule has 132 valence electrons. The largest absolute Gasteiger partial charge is 0.493 e. The lowest BCUT2D eigenvalue weighted by Crippen LogP contribution is -2.40. The first-order valence-electron chi connectivity index (χ1n) is 7.51. The molecule has 1 saturated heterocycles. The quantitative estimate of drug-likeness (QED) is 0.873. The molecule has 3 rings (SSSR count). The van der Waals surface area contributed by atoms with Gasteiger partial charge >= 0.3 is 17.8 Å². The van der Waals surface area contributed by atoms with E-state index in [-0.39, 0.29) is 22.6 Å². The molecule has 2 aromatic rings. The van der Waals surface area contributed by atoms with Crippen molar-refractivity contribution in [2.75, 3.05) is 13.1 Å². The second kappa shape index (κ2) is 6.25. The van der Waals surface area contributed by atoms with E-state index >= 15 is 0 Å². The molecule has 0 atom stereocenters. The van der Waals surface area contributed by atoms with Crippen LogP contribution in [0.15, 0.2) is 23.0 Å². The SMILES string of the molecule is N#Cc1cccc2c1n(C1CCNCC1)c(=O)n2OC(=O)C(F)(F)F. The number of carbonyl (C=O) groups is 1. The summed E-state index contributed by atoms with van der Waals surface area (Å²) in [6.07, 6.45) is -4.12. The van der Waals surface area contributed by atoms with Crippen molar-refractivity contribution in [1.29, 1.82) is 5.26 Å². The molecule has 25 heavy (non-hydrogen) atoms. The molecular weight excluding hydrogens is 341 g/mol. The van der Waals surface area contributed by atoms with Gasteiger partial charge in [0.25, 0.3) is 0 Å². The normalized spacial score (nSPS) is 15.9. The van der Waals surface area contributed by atoms with Gasteiger partial charge in [-0.05, 0) is 38.1 Å². The number of para-hydroxylation sites is 1. The molecule has 0 unspecified atom stereocenters. The number of nitrogens with zero attached hydrogens (tertiary/aromatic N) is 3. The molecule has 10 heteroatoms. The van der Waals surface area contributed by atoms with E-state index in [2.05, 4.69) is 10.2 Å². The summed E-state index contributed by atoms with van der Waals surface area (Å²) in [5, 5.41) is 12.4. The Balaban J connectivity index is 2.21. The summed E-state index contributed by atoms with van der Waals surface area (Å²) in [4.78, 5) is 28.1. The number of carbonyl (C=O) groups excluding carboxylic acids is 1. The zero-order chi connectivity index (χ0) is 18.2. The van der Waals surface area contributed by atoms with Gasteiger partial charge in [-0.25, -0.2) is 9.59 Å². The Labute approximate surface area is 139 Å². The standard InChI is InChI=1S/C15H13F3N4O3/c16-15(17,18)13(23)25-22-11-3-1-2-9(8-19)12(11)21(14(22)24)10-4-6-20-7-5-10/h1-3,10,20H,4-7H2. The Bertz CT molecular complexity index is 917. The molecule has 0 spiro atoms. The summed E-state index contributed by atoms with van der Waals surface area (Å²) >= 11 is 0. The van der Waals surface area contributed by atoms with Gasteiger partial charge in [-0.1, -0.05) is 6.07 Å². The summed E-state index contributed by atoms with van der Waals surface area (Å²) < 4.78 is 39.1. The monoisotopic (exact) mass is 354 g/mol. The Morgan fingerprint density at radius 2 is 2.00 bits per heavy atom. The lowest BCUT2D eigenvalue weighted by molar-refractivity contribution is -0.199. The summed E-state index contributed by atoms with van der Waals surface area (Å²) in [5.74, 6) is -2.50.